The number of hydrogen-bond acceptors (Lipinski definition) is 4. The van der Waals surface area contributed by atoms with Gasteiger partial charge in [0.15, 0.2) is 0 Å². The van der Waals surface area contributed by atoms with E-state index in [9.17, 15) is 19.8 Å². The average Bonchev–Trinajstić information content (AvgIpc) is 2.66. The van der Waals surface area contributed by atoms with Crippen molar-refractivity contribution in [2.75, 3.05) is 10.6 Å². The Morgan fingerprint density at radius 3 is 1.38 bits per heavy atom. The van der Waals surface area contributed by atoms with Gasteiger partial charge in [-0.05, 0) is 30.3 Å². The van der Waals surface area contributed by atoms with Gasteiger partial charge in [-0.25, -0.2) is 0 Å². The lowest BCUT2D eigenvalue weighted by atomic mass is 10.1. The first-order valence-electron chi connectivity index (χ1n) is 7.83. The minimum absolute atomic E-state index is 0.0695. The zero-order chi connectivity index (χ0) is 18.5. The van der Waals surface area contributed by atoms with E-state index in [1.165, 1.54) is 6.07 Å². The molecule has 6 heteroatoms. The molecule has 0 spiro atoms. The summed E-state index contributed by atoms with van der Waals surface area (Å²) in [6.07, 6.45) is 0. The Morgan fingerprint density at radius 1 is 0.615 bits per heavy atom. The highest BCUT2D eigenvalue weighted by molar-refractivity contribution is 6.07. The maximum absolute atomic E-state index is 12.2. The molecule has 0 saturated heterocycles. The van der Waals surface area contributed by atoms with Gasteiger partial charge in [0.25, 0.3) is 11.8 Å². The van der Waals surface area contributed by atoms with E-state index in [-0.39, 0.29) is 22.9 Å². The van der Waals surface area contributed by atoms with Gasteiger partial charge in [-0.15, -0.1) is 0 Å². The number of carbonyl (C=O) groups is 2. The van der Waals surface area contributed by atoms with E-state index in [4.69, 9.17) is 0 Å². The fraction of sp³-hybridized carbons (Fsp3) is 0. The molecular formula is C20H16N2O4. The Hall–Kier alpha value is -3.80. The van der Waals surface area contributed by atoms with E-state index in [2.05, 4.69) is 10.6 Å². The molecule has 0 unspecified atom stereocenters. The number of rotatable bonds is 4. The highest BCUT2D eigenvalue weighted by atomic mass is 16.3. The van der Waals surface area contributed by atoms with E-state index < -0.39 is 11.8 Å². The predicted octanol–water partition coefficient (Wildman–Crippen LogP) is 3.60. The van der Waals surface area contributed by atoms with Gasteiger partial charge >= 0.3 is 0 Å². The summed E-state index contributed by atoms with van der Waals surface area (Å²) in [5, 5.41) is 25.1. The Kier molecular flexibility index (Phi) is 4.85. The van der Waals surface area contributed by atoms with Gasteiger partial charge in [-0.3, -0.25) is 9.59 Å². The molecule has 0 aromatic heterocycles. The van der Waals surface area contributed by atoms with Crippen molar-refractivity contribution in [2.24, 2.45) is 0 Å². The average molecular weight is 348 g/mol. The Labute approximate surface area is 149 Å². The van der Waals surface area contributed by atoms with Crippen LogP contribution in [0.15, 0.2) is 72.8 Å². The summed E-state index contributed by atoms with van der Waals surface area (Å²) in [5.74, 6) is -1.48. The number of anilines is 2. The minimum Gasteiger partial charge on any atom is -0.506 e. The minimum atomic E-state index is -0.424. The van der Waals surface area contributed by atoms with Gasteiger partial charge in [-0.2, -0.15) is 0 Å². The van der Waals surface area contributed by atoms with Crippen molar-refractivity contribution in [2.45, 2.75) is 0 Å². The van der Waals surface area contributed by atoms with Crippen molar-refractivity contribution < 1.29 is 19.8 Å². The number of aromatic hydroxyl groups is 2. The van der Waals surface area contributed by atoms with Crippen LogP contribution in [0.1, 0.15) is 20.7 Å². The van der Waals surface area contributed by atoms with Gasteiger partial charge in [0.2, 0.25) is 0 Å². The van der Waals surface area contributed by atoms with Gasteiger partial charge in [0, 0.05) is 17.2 Å². The zero-order valence-corrected chi connectivity index (χ0v) is 13.6. The molecule has 26 heavy (non-hydrogen) atoms. The van der Waals surface area contributed by atoms with Crippen LogP contribution in [0.2, 0.25) is 0 Å². The molecule has 3 aromatic rings. The number of amides is 2. The number of hydrogen-bond donors (Lipinski definition) is 4. The number of nitrogens with one attached hydrogen (secondary N) is 2. The van der Waals surface area contributed by atoms with Crippen LogP contribution in [0.25, 0.3) is 0 Å². The summed E-state index contributed by atoms with van der Waals surface area (Å²) >= 11 is 0. The normalized spacial score (nSPS) is 10.2. The van der Waals surface area contributed by atoms with Crippen molar-refractivity contribution in [1.82, 2.24) is 0 Å². The molecule has 0 aliphatic rings. The molecule has 0 aliphatic carbocycles. The molecule has 130 valence electrons. The van der Waals surface area contributed by atoms with E-state index in [0.29, 0.717) is 11.1 Å². The Bertz CT molecular complexity index is 866. The number of phenols is 2. The molecule has 0 aliphatic heterocycles. The molecule has 0 heterocycles. The fourth-order valence-electron chi connectivity index (χ4n) is 2.35. The second kappa shape index (κ2) is 7.40. The van der Waals surface area contributed by atoms with E-state index >= 15 is 0 Å². The molecule has 0 saturated carbocycles. The van der Waals surface area contributed by atoms with Crippen LogP contribution >= 0.6 is 0 Å². The molecule has 2 amide bonds. The highest BCUT2D eigenvalue weighted by Crippen LogP contribution is 2.35. The first-order valence-corrected chi connectivity index (χ1v) is 7.83. The van der Waals surface area contributed by atoms with Crippen molar-refractivity contribution >= 4 is 23.2 Å². The third-order valence-electron chi connectivity index (χ3n) is 3.68. The standard InChI is InChI=1S/C20H16N2O4/c23-17-12-18(24)16(22-20(26)14-9-5-2-6-10-14)11-15(17)21-19(25)13-7-3-1-4-8-13/h1-12,23-24H,(H,21,25)(H,22,26). The van der Waals surface area contributed by atoms with Crippen molar-refractivity contribution in [3.8, 4) is 11.5 Å². The van der Waals surface area contributed by atoms with Gasteiger partial charge in [-0.1, -0.05) is 36.4 Å². The largest absolute Gasteiger partial charge is 0.506 e. The molecule has 6 nitrogen and oxygen atoms in total. The predicted molar refractivity (Wildman–Crippen MR) is 98.6 cm³/mol. The molecule has 0 bridgehead atoms. The molecule has 0 atom stereocenters. The lowest BCUT2D eigenvalue weighted by Gasteiger charge is -2.12. The maximum Gasteiger partial charge on any atom is 0.255 e. The topological polar surface area (TPSA) is 98.7 Å². The second-order valence-electron chi connectivity index (χ2n) is 5.53. The van der Waals surface area contributed by atoms with Gasteiger partial charge in [0.1, 0.15) is 11.5 Å². The first kappa shape index (κ1) is 17.0. The van der Waals surface area contributed by atoms with E-state index in [1.807, 2.05) is 0 Å². The maximum atomic E-state index is 12.2. The van der Waals surface area contributed by atoms with Crippen LogP contribution in [0.3, 0.4) is 0 Å². The van der Waals surface area contributed by atoms with Gasteiger partial charge in [0.05, 0.1) is 11.4 Å². The van der Waals surface area contributed by atoms with Crippen LogP contribution in [0, 0.1) is 0 Å². The summed E-state index contributed by atoms with van der Waals surface area (Å²) in [6.45, 7) is 0. The molecule has 0 fully saturated rings. The van der Waals surface area contributed by atoms with Crippen LogP contribution in [-0.4, -0.2) is 22.0 Å². The smallest absolute Gasteiger partial charge is 0.255 e. The molecule has 0 radical (unpaired) electrons. The SMILES string of the molecule is O=C(Nc1cc(NC(=O)c2ccccc2)c(O)cc1O)c1ccccc1. The van der Waals surface area contributed by atoms with Crippen LogP contribution in [0.5, 0.6) is 11.5 Å². The van der Waals surface area contributed by atoms with E-state index in [1.54, 1.807) is 60.7 Å². The number of phenolic OH excluding ortho intramolecular Hbond substituents is 2. The van der Waals surface area contributed by atoms with Crippen LogP contribution in [0.4, 0.5) is 11.4 Å². The molecular weight excluding hydrogens is 332 g/mol. The van der Waals surface area contributed by atoms with Crippen LogP contribution in [-0.2, 0) is 0 Å². The summed E-state index contributed by atoms with van der Waals surface area (Å²) < 4.78 is 0. The number of benzene rings is 3. The quantitative estimate of drug-likeness (QED) is 0.428. The summed E-state index contributed by atoms with van der Waals surface area (Å²) in [5.41, 5.74) is 0.963. The van der Waals surface area contributed by atoms with Crippen molar-refractivity contribution in [3.05, 3.63) is 83.9 Å². The third kappa shape index (κ3) is 3.81. The molecule has 3 rings (SSSR count). The molecule has 3 aromatic carbocycles. The second-order valence-corrected chi connectivity index (χ2v) is 5.53. The van der Waals surface area contributed by atoms with Crippen LogP contribution < -0.4 is 10.6 Å². The monoisotopic (exact) mass is 348 g/mol. The molecule has 4 N–H and O–H groups in total. The summed E-state index contributed by atoms with van der Waals surface area (Å²) in [7, 11) is 0. The highest BCUT2D eigenvalue weighted by Gasteiger charge is 2.15. The van der Waals surface area contributed by atoms with Crippen molar-refractivity contribution in [1.29, 1.82) is 0 Å². The summed E-state index contributed by atoms with van der Waals surface area (Å²) in [6, 6.07) is 19.3. The Balaban J connectivity index is 1.83. The summed E-state index contributed by atoms with van der Waals surface area (Å²) in [4.78, 5) is 24.5. The lowest BCUT2D eigenvalue weighted by Crippen LogP contribution is -2.14. The first-order chi connectivity index (χ1) is 12.5. The Morgan fingerprint density at radius 2 is 1.00 bits per heavy atom. The number of carbonyl (C=O) groups excluding carboxylic acids is 2. The fourth-order valence-corrected chi connectivity index (χ4v) is 2.35. The zero-order valence-electron chi connectivity index (χ0n) is 13.6. The third-order valence-corrected chi connectivity index (χ3v) is 3.68. The van der Waals surface area contributed by atoms with E-state index in [0.717, 1.165) is 6.07 Å². The van der Waals surface area contributed by atoms with Crippen molar-refractivity contribution in [3.63, 3.8) is 0 Å². The van der Waals surface area contributed by atoms with Gasteiger partial charge < -0.3 is 20.8 Å². The lowest BCUT2D eigenvalue weighted by molar-refractivity contribution is 0.101.